The largest absolute Gasteiger partial charge is 0.282 e. The summed E-state index contributed by atoms with van der Waals surface area (Å²) in [7, 11) is 0. The Bertz CT molecular complexity index is 127. The molecular formula is C7H11OS. The smallest absolute Gasteiger partial charge is 0.222 e. The van der Waals surface area contributed by atoms with Crippen molar-refractivity contribution in [2.75, 3.05) is 0 Å². The number of hydrogen-bond donors (Lipinski definition) is 0. The molecule has 1 radical (unpaired) electrons. The van der Waals surface area contributed by atoms with Gasteiger partial charge in [0.15, 0.2) is 0 Å². The molecule has 0 aromatic heterocycles. The number of hydrogen-bond acceptors (Lipinski definition) is 1. The molecule has 0 aliphatic carbocycles. The van der Waals surface area contributed by atoms with E-state index in [4.69, 9.17) is 0 Å². The summed E-state index contributed by atoms with van der Waals surface area (Å²) in [6.45, 7) is 3.95. The summed E-state index contributed by atoms with van der Waals surface area (Å²) < 4.78 is 0. The highest BCUT2D eigenvalue weighted by Gasteiger charge is 1.97. The minimum atomic E-state index is -0.162. The first-order valence-electron chi connectivity index (χ1n) is 3.04. The lowest BCUT2D eigenvalue weighted by Gasteiger charge is -1.95. The molecule has 9 heavy (non-hydrogen) atoms. The van der Waals surface area contributed by atoms with Gasteiger partial charge in [-0.2, -0.15) is 0 Å². The Labute approximate surface area is 61.6 Å². The Morgan fingerprint density at radius 3 is 2.33 bits per heavy atom. The number of rotatable bonds is 3. The summed E-state index contributed by atoms with van der Waals surface area (Å²) >= 11 is 4.41. The van der Waals surface area contributed by atoms with E-state index in [1.165, 1.54) is 0 Å². The standard InChI is InChI=1S/C7H11OS/c1-3-6(4-2)5-7(8)9/h3H,4-5H2,1-2H3/b6-3+. The van der Waals surface area contributed by atoms with Crippen LogP contribution >= 0.6 is 12.6 Å². The fourth-order valence-corrected chi connectivity index (χ4v) is 0.802. The van der Waals surface area contributed by atoms with Gasteiger partial charge in [0.25, 0.3) is 0 Å². The highest BCUT2D eigenvalue weighted by Crippen LogP contribution is 2.07. The molecule has 0 atom stereocenters. The fraction of sp³-hybridized carbons (Fsp3) is 0.571. The third-order valence-electron chi connectivity index (χ3n) is 1.23. The van der Waals surface area contributed by atoms with Crippen LogP contribution in [0.5, 0.6) is 0 Å². The van der Waals surface area contributed by atoms with E-state index in [0.717, 1.165) is 12.0 Å². The van der Waals surface area contributed by atoms with E-state index in [9.17, 15) is 4.79 Å². The van der Waals surface area contributed by atoms with Gasteiger partial charge < -0.3 is 0 Å². The Kier molecular flexibility index (Phi) is 4.32. The SMILES string of the molecule is C/C=C(\CC)CC(=O)[S]. The van der Waals surface area contributed by atoms with Crippen molar-refractivity contribution < 1.29 is 4.79 Å². The van der Waals surface area contributed by atoms with E-state index in [1.807, 2.05) is 19.9 Å². The minimum absolute atomic E-state index is 0.162. The quantitative estimate of drug-likeness (QED) is 0.555. The van der Waals surface area contributed by atoms with Gasteiger partial charge in [-0.25, -0.2) is 0 Å². The topological polar surface area (TPSA) is 17.1 Å². The molecule has 0 aliphatic rings. The second-order valence-corrected chi connectivity index (χ2v) is 2.30. The van der Waals surface area contributed by atoms with E-state index >= 15 is 0 Å². The predicted octanol–water partition coefficient (Wildman–Crippen LogP) is 2.46. The first-order valence-corrected chi connectivity index (χ1v) is 3.45. The molecule has 0 spiro atoms. The van der Waals surface area contributed by atoms with Gasteiger partial charge >= 0.3 is 0 Å². The van der Waals surface area contributed by atoms with E-state index < -0.39 is 0 Å². The lowest BCUT2D eigenvalue weighted by Crippen LogP contribution is -1.88. The van der Waals surface area contributed by atoms with Gasteiger partial charge in [0.2, 0.25) is 5.12 Å². The molecule has 2 heteroatoms. The molecule has 0 heterocycles. The van der Waals surface area contributed by atoms with Gasteiger partial charge in [-0.3, -0.25) is 4.79 Å². The first kappa shape index (κ1) is 8.63. The van der Waals surface area contributed by atoms with E-state index in [0.29, 0.717) is 6.42 Å². The zero-order valence-electron chi connectivity index (χ0n) is 5.81. The molecule has 0 amide bonds. The maximum atomic E-state index is 10.3. The third-order valence-corrected chi connectivity index (χ3v) is 1.38. The molecule has 0 unspecified atom stereocenters. The Balaban J connectivity index is 3.71. The first-order chi connectivity index (χ1) is 4.20. The molecule has 51 valence electrons. The van der Waals surface area contributed by atoms with Crippen molar-refractivity contribution in [3.63, 3.8) is 0 Å². The van der Waals surface area contributed by atoms with Gasteiger partial charge in [0.1, 0.15) is 0 Å². The van der Waals surface area contributed by atoms with Crippen LogP contribution in [-0.4, -0.2) is 5.12 Å². The van der Waals surface area contributed by atoms with Crippen LogP contribution in [-0.2, 0) is 4.79 Å². The van der Waals surface area contributed by atoms with Crippen LogP contribution in [0.15, 0.2) is 11.6 Å². The van der Waals surface area contributed by atoms with E-state index in [1.54, 1.807) is 0 Å². The van der Waals surface area contributed by atoms with Crippen molar-refractivity contribution in [3.8, 4) is 0 Å². The third kappa shape index (κ3) is 4.15. The molecule has 0 saturated heterocycles. The van der Waals surface area contributed by atoms with Crippen molar-refractivity contribution in [3.05, 3.63) is 11.6 Å². The average molecular weight is 143 g/mol. The molecule has 0 aromatic carbocycles. The van der Waals surface area contributed by atoms with Crippen molar-refractivity contribution in [2.24, 2.45) is 0 Å². The monoisotopic (exact) mass is 143 g/mol. The highest BCUT2D eigenvalue weighted by atomic mass is 32.1. The van der Waals surface area contributed by atoms with E-state index in [-0.39, 0.29) is 5.12 Å². The maximum Gasteiger partial charge on any atom is 0.222 e. The summed E-state index contributed by atoms with van der Waals surface area (Å²) in [5, 5.41) is -0.162. The Morgan fingerprint density at radius 1 is 1.67 bits per heavy atom. The lowest BCUT2D eigenvalue weighted by atomic mass is 10.1. The second-order valence-electron chi connectivity index (χ2n) is 1.85. The van der Waals surface area contributed by atoms with Gasteiger partial charge in [0, 0.05) is 6.42 Å². The van der Waals surface area contributed by atoms with Crippen molar-refractivity contribution in [2.45, 2.75) is 26.7 Å². The van der Waals surface area contributed by atoms with Crippen LogP contribution in [0.25, 0.3) is 0 Å². The zero-order chi connectivity index (χ0) is 7.28. The van der Waals surface area contributed by atoms with Crippen LogP contribution in [0.1, 0.15) is 26.7 Å². The van der Waals surface area contributed by atoms with Crippen molar-refractivity contribution in [1.29, 1.82) is 0 Å². The number of carbonyl (C=O) groups excluding carboxylic acids is 1. The molecule has 0 N–H and O–H groups in total. The van der Waals surface area contributed by atoms with Crippen LogP contribution in [0, 0.1) is 0 Å². The van der Waals surface area contributed by atoms with Crippen LogP contribution in [0.2, 0.25) is 0 Å². The summed E-state index contributed by atoms with van der Waals surface area (Å²) in [5.41, 5.74) is 1.13. The van der Waals surface area contributed by atoms with E-state index in [2.05, 4.69) is 12.6 Å². The van der Waals surface area contributed by atoms with Gasteiger partial charge in [-0.1, -0.05) is 18.6 Å². The normalized spacial score (nSPS) is 11.6. The minimum Gasteiger partial charge on any atom is -0.282 e. The molecule has 1 nitrogen and oxygen atoms in total. The average Bonchev–Trinajstić information content (AvgIpc) is 1.82. The molecule has 0 bridgehead atoms. The zero-order valence-corrected chi connectivity index (χ0v) is 6.62. The van der Waals surface area contributed by atoms with Gasteiger partial charge in [-0.05, 0) is 26.0 Å². The summed E-state index contributed by atoms with van der Waals surface area (Å²) in [6.07, 6.45) is 3.32. The van der Waals surface area contributed by atoms with Crippen LogP contribution in [0.3, 0.4) is 0 Å². The molecular weight excluding hydrogens is 132 g/mol. The van der Waals surface area contributed by atoms with Crippen molar-refractivity contribution in [1.82, 2.24) is 0 Å². The molecule has 0 rings (SSSR count). The van der Waals surface area contributed by atoms with Crippen LogP contribution < -0.4 is 0 Å². The summed E-state index contributed by atoms with van der Waals surface area (Å²) in [4.78, 5) is 10.3. The summed E-state index contributed by atoms with van der Waals surface area (Å²) in [5.74, 6) is 0. The van der Waals surface area contributed by atoms with Gasteiger partial charge in [0.05, 0.1) is 0 Å². The number of carbonyl (C=O) groups is 1. The summed E-state index contributed by atoms with van der Waals surface area (Å²) in [6, 6.07) is 0. The molecule has 0 fully saturated rings. The maximum absolute atomic E-state index is 10.3. The number of allylic oxidation sites excluding steroid dienone is 2. The molecule has 0 aliphatic heterocycles. The Morgan fingerprint density at radius 2 is 2.22 bits per heavy atom. The molecule has 0 saturated carbocycles. The second kappa shape index (κ2) is 4.50. The fourth-order valence-electron chi connectivity index (χ4n) is 0.617. The highest BCUT2D eigenvalue weighted by molar-refractivity contribution is 7.96. The Hall–Kier alpha value is -0.370. The van der Waals surface area contributed by atoms with Crippen molar-refractivity contribution >= 4 is 17.7 Å². The van der Waals surface area contributed by atoms with Crippen LogP contribution in [0.4, 0.5) is 0 Å². The van der Waals surface area contributed by atoms with Gasteiger partial charge in [-0.15, -0.1) is 0 Å². The predicted molar refractivity (Wildman–Crippen MR) is 41.3 cm³/mol. The molecule has 0 aromatic rings. The lowest BCUT2D eigenvalue weighted by molar-refractivity contribution is -0.110.